The molecule has 0 aliphatic rings. The summed E-state index contributed by atoms with van der Waals surface area (Å²) in [5.74, 6) is -0.306. The standard InChI is InChI=1S/C13H20N4O2/c1-3-15-8-10-5-4-6-11(7-10)17-12(18)9(2)16-13(14)19/h4-7,9,15H,3,8H2,1-2H3,(H,17,18)(H3,14,16,19). The van der Waals surface area contributed by atoms with E-state index in [1.54, 1.807) is 13.0 Å². The van der Waals surface area contributed by atoms with Crippen LogP contribution in [0, 0.1) is 0 Å². The number of nitrogens with two attached hydrogens (primary N) is 1. The van der Waals surface area contributed by atoms with Gasteiger partial charge in [-0.25, -0.2) is 4.79 Å². The van der Waals surface area contributed by atoms with Crippen LogP contribution in [0.2, 0.25) is 0 Å². The molecule has 104 valence electrons. The van der Waals surface area contributed by atoms with Gasteiger partial charge in [0.05, 0.1) is 0 Å². The molecule has 19 heavy (non-hydrogen) atoms. The quantitative estimate of drug-likeness (QED) is 0.611. The number of carbonyl (C=O) groups is 2. The Bertz CT molecular complexity index is 448. The topological polar surface area (TPSA) is 96.2 Å². The van der Waals surface area contributed by atoms with Crippen molar-refractivity contribution in [1.82, 2.24) is 10.6 Å². The Morgan fingerprint density at radius 2 is 2.11 bits per heavy atom. The van der Waals surface area contributed by atoms with Crippen molar-refractivity contribution in [3.8, 4) is 0 Å². The Kier molecular flexibility index (Phi) is 5.81. The predicted octanol–water partition coefficient (Wildman–Crippen LogP) is 0.791. The molecule has 0 aliphatic carbocycles. The molecule has 0 bridgehead atoms. The van der Waals surface area contributed by atoms with Crippen LogP contribution in [0.1, 0.15) is 19.4 Å². The van der Waals surface area contributed by atoms with E-state index >= 15 is 0 Å². The van der Waals surface area contributed by atoms with Crippen LogP contribution in [-0.2, 0) is 11.3 Å². The average Bonchev–Trinajstić information content (AvgIpc) is 2.36. The van der Waals surface area contributed by atoms with Crippen molar-refractivity contribution in [1.29, 1.82) is 0 Å². The van der Waals surface area contributed by atoms with Gasteiger partial charge in [-0.15, -0.1) is 0 Å². The first-order chi connectivity index (χ1) is 9.02. The number of hydrogen-bond donors (Lipinski definition) is 4. The summed E-state index contributed by atoms with van der Waals surface area (Å²) in [7, 11) is 0. The lowest BCUT2D eigenvalue weighted by molar-refractivity contribution is -0.117. The van der Waals surface area contributed by atoms with E-state index in [9.17, 15) is 9.59 Å². The molecule has 1 aromatic rings. The van der Waals surface area contributed by atoms with E-state index < -0.39 is 12.1 Å². The summed E-state index contributed by atoms with van der Waals surface area (Å²) in [5, 5.41) is 8.26. The number of carbonyl (C=O) groups excluding carboxylic acids is 2. The maximum Gasteiger partial charge on any atom is 0.312 e. The van der Waals surface area contributed by atoms with Crippen LogP contribution in [0.5, 0.6) is 0 Å². The van der Waals surface area contributed by atoms with Crippen molar-refractivity contribution in [3.05, 3.63) is 29.8 Å². The van der Waals surface area contributed by atoms with E-state index in [-0.39, 0.29) is 5.91 Å². The molecule has 0 fully saturated rings. The molecule has 6 nitrogen and oxygen atoms in total. The first kappa shape index (κ1) is 15.0. The third kappa shape index (κ3) is 5.39. The highest BCUT2D eigenvalue weighted by Crippen LogP contribution is 2.10. The zero-order chi connectivity index (χ0) is 14.3. The van der Waals surface area contributed by atoms with Crippen LogP contribution >= 0.6 is 0 Å². The lowest BCUT2D eigenvalue weighted by Crippen LogP contribution is -2.44. The number of benzene rings is 1. The normalized spacial score (nSPS) is 11.7. The van der Waals surface area contributed by atoms with Gasteiger partial charge in [-0.1, -0.05) is 19.1 Å². The Labute approximate surface area is 112 Å². The van der Waals surface area contributed by atoms with Crippen LogP contribution in [0.3, 0.4) is 0 Å². The van der Waals surface area contributed by atoms with Gasteiger partial charge < -0.3 is 21.7 Å². The third-order valence-corrected chi connectivity index (χ3v) is 2.53. The fraction of sp³-hybridized carbons (Fsp3) is 0.385. The zero-order valence-corrected chi connectivity index (χ0v) is 11.2. The van der Waals surface area contributed by atoms with E-state index in [4.69, 9.17) is 5.73 Å². The van der Waals surface area contributed by atoms with Crippen molar-refractivity contribution in [2.24, 2.45) is 5.73 Å². The van der Waals surface area contributed by atoms with Crippen LogP contribution < -0.4 is 21.7 Å². The van der Waals surface area contributed by atoms with Crippen molar-refractivity contribution < 1.29 is 9.59 Å². The molecule has 1 rings (SSSR count). The molecule has 1 atom stereocenters. The minimum Gasteiger partial charge on any atom is -0.352 e. The summed E-state index contributed by atoms with van der Waals surface area (Å²) in [6, 6.07) is 6.14. The molecule has 1 unspecified atom stereocenters. The second-order valence-corrected chi connectivity index (χ2v) is 4.20. The van der Waals surface area contributed by atoms with Gasteiger partial charge in [0, 0.05) is 12.2 Å². The van der Waals surface area contributed by atoms with Crippen molar-refractivity contribution in [3.63, 3.8) is 0 Å². The largest absolute Gasteiger partial charge is 0.352 e. The number of amides is 3. The summed E-state index contributed by atoms with van der Waals surface area (Å²) in [4.78, 5) is 22.4. The highest BCUT2D eigenvalue weighted by Gasteiger charge is 2.13. The van der Waals surface area contributed by atoms with E-state index in [1.165, 1.54) is 0 Å². The van der Waals surface area contributed by atoms with Gasteiger partial charge in [-0.3, -0.25) is 4.79 Å². The molecule has 3 amide bonds. The number of primary amides is 1. The summed E-state index contributed by atoms with van der Waals surface area (Å²) < 4.78 is 0. The molecule has 0 saturated carbocycles. The summed E-state index contributed by atoms with van der Waals surface area (Å²) in [6.07, 6.45) is 0. The Morgan fingerprint density at radius 1 is 1.37 bits per heavy atom. The molecule has 0 saturated heterocycles. The minimum absolute atomic E-state index is 0.306. The fourth-order valence-electron chi connectivity index (χ4n) is 1.56. The second-order valence-electron chi connectivity index (χ2n) is 4.20. The highest BCUT2D eigenvalue weighted by atomic mass is 16.2. The average molecular weight is 264 g/mol. The maximum atomic E-state index is 11.8. The molecule has 0 spiro atoms. The molecule has 6 heteroatoms. The molecule has 1 aromatic carbocycles. The van der Waals surface area contributed by atoms with Crippen LogP contribution in [0.15, 0.2) is 24.3 Å². The fourth-order valence-corrected chi connectivity index (χ4v) is 1.56. The molecule has 0 aromatic heterocycles. The van der Waals surface area contributed by atoms with Gasteiger partial charge in [0.1, 0.15) is 6.04 Å². The molecule has 0 radical (unpaired) electrons. The third-order valence-electron chi connectivity index (χ3n) is 2.53. The smallest absolute Gasteiger partial charge is 0.312 e. The van der Waals surface area contributed by atoms with Crippen molar-refractivity contribution in [2.75, 3.05) is 11.9 Å². The number of anilines is 1. The summed E-state index contributed by atoms with van der Waals surface area (Å²) >= 11 is 0. The highest BCUT2D eigenvalue weighted by molar-refractivity contribution is 5.96. The molecule has 0 aliphatic heterocycles. The molecule has 0 heterocycles. The number of rotatable bonds is 6. The predicted molar refractivity (Wildman–Crippen MR) is 74.6 cm³/mol. The molecule has 5 N–H and O–H groups in total. The molecular formula is C13H20N4O2. The van der Waals surface area contributed by atoms with E-state index in [0.29, 0.717) is 5.69 Å². The first-order valence-corrected chi connectivity index (χ1v) is 6.19. The SMILES string of the molecule is CCNCc1cccc(NC(=O)C(C)NC(N)=O)c1. The van der Waals surface area contributed by atoms with Gasteiger partial charge in [0.15, 0.2) is 0 Å². The Balaban J connectivity index is 2.61. The lowest BCUT2D eigenvalue weighted by Gasteiger charge is -2.13. The van der Waals surface area contributed by atoms with Gasteiger partial charge in [-0.05, 0) is 31.2 Å². The number of urea groups is 1. The monoisotopic (exact) mass is 264 g/mol. The Hall–Kier alpha value is -2.08. The van der Waals surface area contributed by atoms with Crippen LogP contribution in [-0.4, -0.2) is 24.5 Å². The van der Waals surface area contributed by atoms with Gasteiger partial charge in [-0.2, -0.15) is 0 Å². The zero-order valence-electron chi connectivity index (χ0n) is 11.2. The molecular weight excluding hydrogens is 244 g/mol. The van der Waals surface area contributed by atoms with Gasteiger partial charge in [0.25, 0.3) is 0 Å². The minimum atomic E-state index is -0.719. The summed E-state index contributed by atoms with van der Waals surface area (Å²) in [5.41, 5.74) is 6.74. The maximum absolute atomic E-state index is 11.8. The first-order valence-electron chi connectivity index (χ1n) is 6.19. The number of nitrogens with one attached hydrogen (secondary N) is 3. The Morgan fingerprint density at radius 3 is 2.74 bits per heavy atom. The van der Waals surface area contributed by atoms with Crippen molar-refractivity contribution in [2.45, 2.75) is 26.4 Å². The van der Waals surface area contributed by atoms with E-state index in [1.807, 2.05) is 25.1 Å². The van der Waals surface area contributed by atoms with Gasteiger partial charge >= 0.3 is 6.03 Å². The van der Waals surface area contributed by atoms with E-state index in [0.717, 1.165) is 18.7 Å². The van der Waals surface area contributed by atoms with Crippen molar-refractivity contribution >= 4 is 17.6 Å². The van der Waals surface area contributed by atoms with E-state index in [2.05, 4.69) is 16.0 Å². The number of hydrogen-bond acceptors (Lipinski definition) is 3. The lowest BCUT2D eigenvalue weighted by atomic mass is 10.2. The van der Waals surface area contributed by atoms with Crippen LogP contribution in [0.25, 0.3) is 0 Å². The van der Waals surface area contributed by atoms with Crippen LogP contribution in [0.4, 0.5) is 10.5 Å². The van der Waals surface area contributed by atoms with Gasteiger partial charge in [0.2, 0.25) is 5.91 Å². The second kappa shape index (κ2) is 7.38. The summed E-state index contributed by atoms with van der Waals surface area (Å²) in [6.45, 7) is 5.23.